The highest BCUT2D eigenvalue weighted by atomic mass is 19.4. The van der Waals surface area contributed by atoms with E-state index >= 15 is 0 Å². The van der Waals surface area contributed by atoms with Gasteiger partial charge in [0.2, 0.25) is 5.95 Å². The lowest BCUT2D eigenvalue weighted by molar-refractivity contribution is -0.138. The second-order valence-electron chi connectivity index (χ2n) is 4.31. The number of pyridine rings is 1. The normalized spacial score (nSPS) is 11.4. The summed E-state index contributed by atoms with van der Waals surface area (Å²) in [5.74, 6) is -2.02. The van der Waals surface area contributed by atoms with Crippen LogP contribution in [0.2, 0.25) is 0 Å². The Labute approximate surface area is 116 Å². The van der Waals surface area contributed by atoms with Crippen molar-refractivity contribution in [2.75, 3.05) is 0 Å². The molecule has 21 heavy (non-hydrogen) atoms. The van der Waals surface area contributed by atoms with E-state index in [0.717, 1.165) is 24.4 Å². The van der Waals surface area contributed by atoms with Crippen molar-refractivity contribution in [1.29, 1.82) is 0 Å². The van der Waals surface area contributed by atoms with Gasteiger partial charge in [-0.2, -0.15) is 17.6 Å². The van der Waals surface area contributed by atoms with Gasteiger partial charge in [-0.1, -0.05) is 12.1 Å². The van der Waals surface area contributed by atoms with E-state index in [1.807, 2.05) is 0 Å². The van der Waals surface area contributed by atoms with Gasteiger partial charge in [-0.15, -0.1) is 0 Å². The lowest BCUT2D eigenvalue weighted by Crippen LogP contribution is -2.05. The van der Waals surface area contributed by atoms with E-state index in [0.29, 0.717) is 5.56 Å². The summed E-state index contributed by atoms with van der Waals surface area (Å²) in [5, 5.41) is 8.79. The van der Waals surface area contributed by atoms with Gasteiger partial charge < -0.3 is 5.11 Å². The van der Waals surface area contributed by atoms with Crippen molar-refractivity contribution in [2.24, 2.45) is 0 Å². The fourth-order valence-corrected chi connectivity index (χ4v) is 1.88. The first-order valence-electron chi connectivity index (χ1n) is 5.81. The molecular formula is C14H9F4NO2. The summed E-state index contributed by atoms with van der Waals surface area (Å²) in [6.07, 6.45) is -3.80. The zero-order chi connectivity index (χ0) is 15.6. The van der Waals surface area contributed by atoms with Crippen LogP contribution < -0.4 is 0 Å². The van der Waals surface area contributed by atoms with Crippen molar-refractivity contribution in [3.05, 3.63) is 53.6 Å². The molecule has 2 rings (SSSR count). The predicted octanol–water partition coefficient (Wildman–Crippen LogP) is 3.53. The van der Waals surface area contributed by atoms with Gasteiger partial charge in [-0.05, 0) is 29.3 Å². The summed E-state index contributed by atoms with van der Waals surface area (Å²) in [7, 11) is 0. The zero-order valence-electron chi connectivity index (χ0n) is 10.5. The van der Waals surface area contributed by atoms with Crippen LogP contribution in [0.3, 0.4) is 0 Å². The molecule has 1 heterocycles. The maximum absolute atomic E-state index is 13.1. The van der Waals surface area contributed by atoms with Crippen LogP contribution in [0.15, 0.2) is 36.5 Å². The maximum Gasteiger partial charge on any atom is 0.416 e. The molecule has 0 aliphatic rings. The first-order valence-corrected chi connectivity index (χ1v) is 5.81. The average Bonchev–Trinajstić information content (AvgIpc) is 2.37. The van der Waals surface area contributed by atoms with E-state index in [4.69, 9.17) is 5.11 Å². The van der Waals surface area contributed by atoms with Crippen LogP contribution >= 0.6 is 0 Å². The minimum absolute atomic E-state index is 0.148. The molecule has 0 atom stereocenters. The Balaban J connectivity index is 2.44. The molecule has 2 aromatic rings. The lowest BCUT2D eigenvalue weighted by Gasteiger charge is -2.10. The second-order valence-corrected chi connectivity index (χ2v) is 4.31. The van der Waals surface area contributed by atoms with Gasteiger partial charge in [0.1, 0.15) is 0 Å². The topological polar surface area (TPSA) is 50.2 Å². The van der Waals surface area contributed by atoms with Crippen molar-refractivity contribution in [3.8, 4) is 11.1 Å². The number of halogens is 4. The third kappa shape index (κ3) is 3.56. The molecule has 1 aromatic carbocycles. The number of hydrogen-bond donors (Lipinski definition) is 1. The highest BCUT2D eigenvalue weighted by Gasteiger charge is 2.30. The van der Waals surface area contributed by atoms with Crippen LogP contribution in [0.5, 0.6) is 0 Å². The Bertz CT molecular complexity index is 666. The molecule has 0 amide bonds. The van der Waals surface area contributed by atoms with Gasteiger partial charge in [-0.3, -0.25) is 4.79 Å². The highest BCUT2D eigenvalue weighted by molar-refractivity contribution is 5.76. The highest BCUT2D eigenvalue weighted by Crippen LogP contribution is 2.31. The molecule has 1 aromatic heterocycles. The number of rotatable bonds is 3. The number of carbonyl (C=O) groups is 1. The van der Waals surface area contributed by atoms with E-state index in [-0.39, 0.29) is 11.1 Å². The molecule has 7 heteroatoms. The Kier molecular flexibility index (Phi) is 3.93. The smallest absolute Gasteiger partial charge is 0.416 e. The Morgan fingerprint density at radius 1 is 1.19 bits per heavy atom. The monoisotopic (exact) mass is 299 g/mol. The van der Waals surface area contributed by atoms with Crippen molar-refractivity contribution < 1.29 is 27.5 Å². The van der Waals surface area contributed by atoms with E-state index in [1.165, 1.54) is 12.1 Å². The quantitative estimate of drug-likeness (QED) is 0.696. The fourth-order valence-electron chi connectivity index (χ4n) is 1.88. The number of nitrogens with zero attached hydrogens (tertiary/aromatic N) is 1. The molecule has 0 saturated carbocycles. The molecule has 0 bridgehead atoms. The largest absolute Gasteiger partial charge is 0.481 e. The molecule has 0 unspecified atom stereocenters. The number of aromatic nitrogens is 1. The zero-order valence-corrected chi connectivity index (χ0v) is 10.5. The Morgan fingerprint density at radius 3 is 2.33 bits per heavy atom. The molecule has 0 radical (unpaired) electrons. The second kappa shape index (κ2) is 5.51. The first-order chi connectivity index (χ1) is 9.77. The van der Waals surface area contributed by atoms with Gasteiger partial charge >= 0.3 is 12.1 Å². The lowest BCUT2D eigenvalue weighted by atomic mass is 9.99. The summed E-state index contributed by atoms with van der Waals surface area (Å²) in [5.41, 5.74) is -0.0462. The van der Waals surface area contributed by atoms with Gasteiger partial charge in [0.25, 0.3) is 0 Å². The predicted molar refractivity (Wildman–Crippen MR) is 66.0 cm³/mol. The number of hydrogen-bond acceptors (Lipinski definition) is 2. The van der Waals surface area contributed by atoms with E-state index < -0.39 is 30.1 Å². The van der Waals surface area contributed by atoms with Crippen molar-refractivity contribution in [3.63, 3.8) is 0 Å². The van der Waals surface area contributed by atoms with Crippen LogP contribution in [0.25, 0.3) is 11.1 Å². The summed E-state index contributed by atoms with van der Waals surface area (Å²) < 4.78 is 50.5. The van der Waals surface area contributed by atoms with Gasteiger partial charge in [0, 0.05) is 11.8 Å². The number of carboxylic acid groups (broad SMARTS) is 1. The third-order valence-electron chi connectivity index (χ3n) is 2.82. The van der Waals surface area contributed by atoms with Gasteiger partial charge in [0.15, 0.2) is 0 Å². The van der Waals surface area contributed by atoms with Crippen LogP contribution in [0.4, 0.5) is 17.6 Å². The van der Waals surface area contributed by atoms with Gasteiger partial charge in [0.05, 0.1) is 12.0 Å². The molecule has 0 fully saturated rings. The number of aliphatic carboxylic acids is 1. The molecular weight excluding hydrogens is 290 g/mol. The molecule has 1 N–H and O–H groups in total. The summed E-state index contributed by atoms with van der Waals surface area (Å²) in [6.45, 7) is 0. The summed E-state index contributed by atoms with van der Waals surface area (Å²) in [6, 6.07) is 5.11. The molecule has 0 saturated heterocycles. The molecule has 0 spiro atoms. The SMILES string of the molecule is O=C(O)Cc1cc(F)ncc1-c1ccc(C(F)(F)F)cc1. The standard InChI is InChI=1S/C14H9F4NO2/c15-12-5-9(6-13(20)21)11(7-19-12)8-1-3-10(4-2-8)14(16,17)18/h1-5,7H,6H2,(H,20,21). The van der Waals surface area contributed by atoms with E-state index in [1.54, 1.807) is 0 Å². The van der Waals surface area contributed by atoms with Crippen LogP contribution in [-0.2, 0) is 17.4 Å². The van der Waals surface area contributed by atoms with Crippen LogP contribution in [0, 0.1) is 5.95 Å². The van der Waals surface area contributed by atoms with Crippen LogP contribution in [0.1, 0.15) is 11.1 Å². The van der Waals surface area contributed by atoms with Crippen molar-refractivity contribution in [2.45, 2.75) is 12.6 Å². The average molecular weight is 299 g/mol. The van der Waals surface area contributed by atoms with Crippen LogP contribution in [-0.4, -0.2) is 16.1 Å². The van der Waals surface area contributed by atoms with Gasteiger partial charge in [-0.25, -0.2) is 4.98 Å². The molecule has 3 nitrogen and oxygen atoms in total. The molecule has 0 aliphatic carbocycles. The summed E-state index contributed by atoms with van der Waals surface area (Å²) in [4.78, 5) is 14.2. The Morgan fingerprint density at radius 2 is 1.81 bits per heavy atom. The maximum atomic E-state index is 13.1. The number of benzene rings is 1. The third-order valence-corrected chi connectivity index (χ3v) is 2.82. The van der Waals surface area contributed by atoms with E-state index in [2.05, 4.69) is 4.98 Å². The summed E-state index contributed by atoms with van der Waals surface area (Å²) >= 11 is 0. The minimum atomic E-state index is -4.45. The minimum Gasteiger partial charge on any atom is -0.481 e. The van der Waals surface area contributed by atoms with E-state index in [9.17, 15) is 22.4 Å². The number of carboxylic acids is 1. The Hall–Kier alpha value is -2.44. The first kappa shape index (κ1) is 15.0. The number of alkyl halides is 3. The van der Waals surface area contributed by atoms with Crippen molar-refractivity contribution in [1.82, 2.24) is 4.98 Å². The molecule has 110 valence electrons. The fraction of sp³-hybridized carbons (Fsp3) is 0.143. The van der Waals surface area contributed by atoms with Crippen molar-refractivity contribution >= 4 is 5.97 Å². The molecule has 0 aliphatic heterocycles.